The Balaban J connectivity index is 2.29. The van der Waals surface area contributed by atoms with Crippen LogP contribution in [0.1, 0.15) is 41.4 Å². The molecule has 1 aromatic carbocycles. The van der Waals surface area contributed by atoms with E-state index in [2.05, 4.69) is 5.32 Å². The van der Waals surface area contributed by atoms with Crippen LogP contribution in [0.2, 0.25) is 0 Å². The normalized spacial score (nSPS) is 10.4. The highest BCUT2D eigenvalue weighted by molar-refractivity contribution is 6.00. The van der Waals surface area contributed by atoms with Crippen molar-refractivity contribution in [2.45, 2.75) is 33.2 Å². The Bertz CT molecular complexity index is 674. The average Bonchev–Trinajstić information content (AvgIpc) is 2.45. The van der Waals surface area contributed by atoms with E-state index in [9.17, 15) is 9.59 Å². The van der Waals surface area contributed by atoms with Crippen LogP contribution in [0.3, 0.4) is 0 Å². The number of carbonyl (C=O) groups is 1. The number of carbonyl (C=O) groups excluding carboxylic acids is 1. The summed E-state index contributed by atoms with van der Waals surface area (Å²) in [5.41, 5.74) is 1.19. The number of hydrogen-bond donors (Lipinski definition) is 1. The van der Waals surface area contributed by atoms with Crippen molar-refractivity contribution in [3.05, 3.63) is 63.7 Å². The quantitative estimate of drug-likeness (QED) is 0.825. The van der Waals surface area contributed by atoms with Gasteiger partial charge in [-0.1, -0.05) is 37.3 Å². The number of benzene rings is 1. The van der Waals surface area contributed by atoms with E-state index in [1.54, 1.807) is 13.0 Å². The molecule has 1 heterocycles. The molecule has 2 rings (SSSR count). The number of hydrogen-bond acceptors (Lipinski definition) is 4. The van der Waals surface area contributed by atoms with E-state index in [-0.39, 0.29) is 11.3 Å². The zero-order valence-electron chi connectivity index (χ0n) is 12.3. The van der Waals surface area contributed by atoms with Crippen LogP contribution < -0.4 is 10.9 Å². The summed E-state index contributed by atoms with van der Waals surface area (Å²) in [6.45, 7) is 4.16. The minimum absolute atomic E-state index is 0.124. The summed E-state index contributed by atoms with van der Waals surface area (Å²) in [5.74, 6) is 0.311. The van der Waals surface area contributed by atoms with E-state index in [0.29, 0.717) is 30.8 Å². The molecule has 110 valence electrons. The second kappa shape index (κ2) is 6.88. The molecule has 0 radical (unpaired) electrons. The van der Waals surface area contributed by atoms with Gasteiger partial charge < -0.3 is 9.73 Å². The molecule has 0 unspecified atom stereocenters. The van der Waals surface area contributed by atoms with Crippen LogP contribution in [0.25, 0.3) is 0 Å². The van der Waals surface area contributed by atoms with Crippen molar-refractivity contribution in [2.75, 3.05) is 5.32 Å². The molecule has 4 heteroatoms. The summed E-state index contributed by atoms with van der Waals surface area (Å²) < 4.78 is 5.05. The lowest BCUT2D eigenvalue weighted by atomic mass is 10.1. The number of nitrogens with one attached hydrogen (secondary N) is 1. The van der Waals surface area contributed by atoms with Crippen molar-refractivity contribution in [1.82, 2.24) is 0 Å². The van der Waals surface area contributed by atoms with E-state index < -0.39 is 5.63 Å². The molecule has 0 atom stereocenters. The van der Waals surface area contributed by atoms with E-state index in [0.717, 1.165) is 5.56 Å². The lowest BCUT2D eigenvalue weighted by Gasteiger charge is -2.11. The lowest BCUT2D eigenvalue weighted by molar-refractivity contribution is 0.0978. The molecule has 2 aromatic rings. The molecule has 4 nitrogen and oxygen atoms in total. The Morgan fingerprint density at radius 1 is 1.24 bits per heavy atom. The van der Waals surface area contributed by atoms with Gasteiger partial charge in [-0.15, -0.1) is 0 Å². The number of ketones is 1. The summed E-state index contributed by atoms with van der Waals surface area (Å²) in [4.78, 5) is 24.1. The maximum atomic E-state index is 12.1. The van der Waals surface area contributed by atoms with Crippen molar-refractivity contribution in [3.8, 4) is 0 Å². The largest absolute Gasteiger partial charge is 0.428 e. The van der Waals surface area contributed by atoms with Gasteiger partial charge in [0.25, 0.3) is 0 Å². The SMILES string of the molecule is CCCC(=O)c1c(NCc2ccccc2)cc(C)oc1=O. The first-order valence-electron chi connectivity index (χ1n) is 7.07. The van der Waals surface area contributed by atoms with Gasteiger partial charge in [0.05, 0.1) is 5.69 Å². The molecule has 0 fully saturated rings. The highest BCUT2D eigenvalue weighted by atomic mass is 16.4. The summed E-state index contributed by atoms with van der Waals surface area (Å²) in [6, 6.07) is 11.5. The molecule has 1 N–H and O–H groups in total. The van der Waals surface area contributed by atoms with Gasteiger partial charge in [0.2, 0.25) is 0 Å². The fourth-order valence-corrected chi connectivity index (χ4v) is 2.16. The van der Waals surface area contributed by atoms with Crippen LogP contribution in [-0.2, 0) is 6.54 Å². The summed E-state index contributed by atoms with van der Waals surface area (Å²) in [6.07, 6.45) is 1.04. The van der Waals surface area contributed by atoms with Gasteiger partial charge in [-0.05, 0) is 18.9 Å². The standard InChI is InChI=1S/C17H19NO3/c1-3-7-15(19)16-14(10-12(2)21-17(16)20)18-11-13-8-5-4-6-9-13/h4-6,8-10,18H,3,7,11H2,1-2H3. The Morgan fingerprint density at radius 2 is 1.95 bits per heavy atom. The van der Waals surface area contributed by atoms with E-state index >= 15 is 0 Å². The summed E-state index contributed by atoms with van der Waals surface area (Å²) in [7, 11) is 0. The average molecular weight is 285 g/mol. The van der Waals surface area contributed by atoms with Gasteiger partial charge in [0.1, 0.15) is 11.3 Å². The Hall–Kier alpha value is -2.36. The Labute approximate surface area is 123 Å². The van der Waals surface area contributed by atoms with Gasteiger partial charge in [0.15, 0.2) is 5.78 Å². The van der Waals surface area contributed by atoms with Crippen LogP contribution in [0.5, 0.6) is 0 Å². The Morgan fingerprint density at radius 3 is 2.62 bits per heavy atom. The van der Waals surface area contributed by atoms with Crippen LogP contribution in [0.15, 0.2) is 45.6 Å². The van der Waals surface area contributed by atoms with Crippen LogP contribution in [-0.4, -0.2) is 5.78 Å². The summed E-state index contributed by atoms with van der Waals surface area (Å²) >= 11 is 0. The first kappa shape index (κ1) is 15.0. The molecule has 1 aromatic heterocycles. The van der Waals surface area contributed by atoms with E-state index in [4.69, 9.17) is 4.42 Å². The number of rotatable bonds is 6. The molecule has 0 bridgehead atoms. The maximum Gasteiger partial charge on any atom is 0.348 e. The molecule has 21 heavy (non-hydrogen) atoms. The molecule has 0 spiro atoms. The number of aryl methyl sites for hydroxylation is 1. The molecule has 0 aliphatic rings. The third-order valence-electron chi connectivity index (χ3n) is 3.16. The highest BCUT2D eigenvalue weighted by Crippen LogP contribution is 2.17. The predicted octanol–water partition coefficient (Wildman–Crippen LogP) is 3.54. The summed E-state index contributed by atoms with van der Waals surface area (Å²) in [5, 5.41) is 3.17. The predicted molar refractivity (Wildman–Crippen MR) is 82.7 cm³/mol. The minimum Gasteiger partial charge on any atom is -0.428 e. The van der Waals surface area contributed by atoms with Crippen molar-refractivity contribution >= 4 is 11.5 Å². The molecule has 0 saturated carbocycles. The second-order valence-corrected chi connectivity index (χ2v) is 4.95. The second-order valence-electron chi connectivity index (χ2n) is 4.95. The van der Waals surface area contributed by atoms with Gasteiger partial charge >= 0.3 is 5.63 Å². The first-order chi connectivity index (χ1) is 10.1. The fourth-order valence-electron chi connectivity index (χ4n) is 2.16. The van der Waals surface area contributed by atoms with Crippen molar-refractivity contribution in [2.24, 2.45) is 0 Å². The van der Waals surface area contributed by atoms with Crippen LogP contribution in [0, 0.1) is 6.92 Å². The van der Waals surface area contributed by atoms with Gasteiger partial charge in [0, 0.05) is 19.0 Å². The molecular formula is C17H19NO3. The monoisotopic (exact) mass is 285 g/mol. The van der Waals surface area contributed by atoms with Crippen molar-refractivity contribution < 1.29 is 9.21 Å². The van der Waals surface area contributed by atoms with Crippen molar-refractivity contribution in [3.63, 3.8) is 0 Å². The van der Waals surface area contributed by atoms with Gasteiger partial charge in [-0.25, -0.2) is 4.79 Å². The van der Waals surface area contributed by atoms with E-state index in [1.807, 2.05) is 37.3 Å². The van der Waals surface area contributed by atoms with E-state index in [1.165, 1.54) is 0 Å². The van der Waals surface area contributed by atoms with Crippen LogP contribution >= 0.6 is 0 Å². The molecule has 0 aliphatic heterocycles. The first-order valence-corrected chi connectivity index (χ1v) is 7.07. The fraction of sp³-hybridized carbons (Fsp3) is 0.294. The van der Waals surface area contributed by atoms with Crippen LogP contribution in [0.4, 0.5) is 5.69 Å². The Kier molecular flexibility index (Phi) is 4.93. The smallest absolute Gasteiger partial charge is 0.348 e. The number of Topliss-reactive ketones (excluding diaryl/α,β-unsaturated/α-hetero) is 1. The van der Waals surface area contributed by atoms with Crippen molar-refractivity contribution in [1.29, 1.82) is 0 Å². The zero-order valence-corrected chi connectivity index (χ0v) is 12.3. The zero-order chi connectivity index (χ0) is 15.2. The third kappa shape index (κ3) is 3.81. The maximum absolute atomic E-state index is 12.1. The topological polar surface area (TPSA) is 59.3 Å². The van der Waals surface area contributed by atoms with Gasteiger partial charge in [-0.3, -0.25) is 4.79 Å². The molecular weight excluding hydrogens is 266 g/mol. The molecule has 0 amide bonds. The molecule has 0 aliphatic carbocycles. The lowest BCUT2D eigenvalue weighted by Crippen LogP contribution is -2.18. The molecule has 0 saturated heterocycles. The minimum atomic E-state index is -0.566. The number of anilines is 1. The van der Waals surface area contributed by atoms with Gasteiger partial charge in [-0.2, -0.15) is 0 Å². The highest BCUT2D eigenvalue weighted by Gasteiger charge is 2.17. The third-order valence-corrected chi connectivity index (χ3v) is 3.16.